The third kappa shape index (κ3) is 3.70. The fourth-order valence-corrected chi connectivity index (χ4v) is 2.88. The van der Waals surface area contributed by atoms with Gasteiger partial charge in [-0.1, -0.05) is 22.9 Å². The lowest BCUT2D eigenvalue weighted by Gasteiger charge is -2.21. The molecule has 104 valence electrons. The third-order valence-corrected chi connectivity index (χ3v) is 3.82. The predicted molar refractivity (Wildman–Crippen MR) is 80.8 cm³/mol. The van der Waals surface area contributed by atoms with Gasteiger partial charge in [0.05, 0.1) is 12.4 Å². The number of benzene rings is 1. The summed E-state index contributed by atoms with van der Waals surface area (Å²) in [4.78, 5) is 2.28. The van der Waals surface area contributed by atoms with Gasteiger partial charge < -0.3 is 10.5 Å². The van der Waals surface area contributed by atoms with Gasteiger partial charge in [0.1, 0.15) is 5.75 Å². The van der Waals surface area contributed by atoms with Crippen LogP contribution in [0, 0.1) is 5.41 Å². The lowest BCUT2D eigenvalue weighted by atomic mass is 10.1. The van der Waals surface area contributed by atoms with Crippen molar-refractivity contribution < 1.29 is 4.74 Å². The Kier molecular flexibility index (Phi) is 4.82. The second-order valence-electron chi connectivity index (χ2n) is 4.80. The lowest BCUT2D eigenvalue weighted by Crippen LogP contribution is -2.27. The van der Waals surface area contributed by atoms with Gasteiger partial charge in [-0.15, -0.1) is 0 Å². The first-order valence-electron chi connectivity index (χ1n) is 6.59. The molecular weight excluding hydrogens is 306 g/mol. The van der Waals surface area contributed by atoms with E-state index in [-0.39, 0.29) is 5.84 Å². The highest BCUT2D eigenvalue weighted by atomic mass is 79.9. The third-order valence-electron chi connectivity index (χ3n) is 3.36. The maximum atomic E-state index is 7.32. The number of halogens is 1. The number of nitrogens with zero attached hydrogens (tertiary/aromatic N) is 1. The molecule has 19 heavy (non-hydrogen) atoms. The molecule has 0 radical (unpaired) electrons. The van der Waals surface area contributed by atoms with Crippen LogP contribution in [-0.4, -0.2) is 30.4 Å². The highest BCUT2D eigenvalue weighted by Crippen LogP contribution is 2.33. The van der Waals surface area contributed by atoms with Gasteiger partial charge in [0.2, 0.25) is 0 Å². The van der Waals surface area contributed by atoms with Crippen molar-refractivity contribution >= 4 is 21.8 Å². The van der Waals surface area contributed by atoms with Gasteiger partial charge in [0.15, 0.2) is 0 Å². The summed E-state index contributed by atoms with van der Waals surface area (Å²) in [6.45, 7) is 5.49. The summed E-state index contributed by atoms with van der Waals surface area (Å²) >= 11 is 3.56. The van der Waals surface area contributed by atoms with Crippen molar-refractivity contribution in [3.05, 3.63) is 27.7 Å². The molecule has 4 nitrogen and oxygen atoms in total. The van der Waals surface area contributed by atoms with Crippen molar-refractivity contribution in [3.63, 3.8) is 0 Å². The summed E-state index contributed by atoms with van der Waals surface area (Å²) in [5.41, 5.74) is 7.93. The molecule has 0 atom stereocenters. The predicted octanol–water partition coefficient (Wildman–Crippen LogP) is 2.53. The quantitative estimate of drug-likeness (QED) is 0.624. The van der Waals surface area contributed by atoms with Gasteiger partial charge in [0, 0.05) is 36.0 Å². The maximum Gasteiger partial charge on any atom is 0.127 e. The van der Waals surface area contributed by atoms with Crippen molar-refractivity contribution in [3.8, 4) is 5.75 Å². The molecule has 2 rings (SSSR count). The summed E-state index contributed by atoms with van der Waals surface area (Å²) in [6.07, 6.45) is 1.60. The molecule has 0 saturated heterocycles. The van der Waals surface area contributed by atoms with Crippen LogP contribution >= 0.6 is 15.9 Å². The van der Waals surface area contributed by atoms with E-state index >= 15 is 0 Å². The number of hydrogen-bond donors (Lipinski definition) is 2. The Bertz CT molecular complexity index is 476. The van der Waals surface area contributed by atoms with Gasteiger partial charge in [-0.05, 0) is 24.2 Å². The Hall–Kier alpha value is -1.07. The molecule has 0 fully saturated rings. The Morgan fingerprint density at radius 3 is 3.00 bits per heavy atom. The molecule has 1 aliphatic heterocycles. The fraction of sp³-hybridized carbons (Fsp3) is 0.500. The summed E-state index contributed by atoms with van der Waals surface area (Å²) in [5.74, 6) is 1.29. The van der Waals surface area contributed by atoms with E-state index in [4.69, 9.17) is 15.9 Å². The zero-order chi connectivity index (χ0) is 13.8. The zero-order valence-electron chi connectivity index (χ0n) is 11.2. The van der Waals surface area contributed by atoms with Crippen LogP contribution in [0.15, 0.2) is 16.6 Å². The van der Waals surface area contributed by atoms with Crippen LogP contribution in [0.1, 0.15) is 24.5 Å². The number of ether oxygens (including phenoxy) is 1. The highest BCUT2D eigenvalue weighted by molar-refractivity contribution is 9.10. The number of hydrogen-bond acceptors (Lipinski definition) is 3. The van der Waals surface area contributed by atoms with E-state index in [0.29, 0.717) is 6.42 Å². The summed E-state index contributed by atoms with van der Waals surface area (Å²) in [6, 6.07) is 4.26. The van der Waals surface area contributed by atoms with Crippen LogP contribution in [0.3, 0.4) is 0 Å². The number of amidine groups is 1. The van der Waals surface area contributed by atoms with Crippen LogP contribution in [0.2, 0.25) is 0 Å². The van der Waals surface area contributed by atoms with Gasteiger partial charge in [-0.25, -0.2) is 0 Å². The minimum atomic E-state index is 0.245. The van der Waals surface area contributed by atoms with E-state index in [9.17, 15) is 0 Å². The zero-order valence-corrected chi connectivity index (χ0v) is 12.8. The first kappa shape index (κ1) is 14.3. The van der Waals surface area contributed by atoms with E-state index < -0.39 is 0 Å². The first-order valence-corrected chi connectivity index (χ1v) is 7.38. The Morgan fingerprint density at radius 1 is 1.53 bits per heavy atom. The van der Waals surface area contributed by atoms with Crippen molar-refractivity contribution in [1.29, 1.82) is 5.41 Å². The summed E-state index contributed by atoms with van der Waals surface area (Å²) < 4.78 is 6.85. The minimum Gasteiger partial charge on any atom is -0.493 e. The lowest BCUT2D eigenvalue weighted by molar-refractivity contribution is 0.279. The monoisotopic (exact) mass is 325 g/mol. The molecule has 3 N–H and O–H groups in total. The van der Waals surface area contributed by atoms with E-state index in [1.165, 1.54) is 11.1 Å². The largest absolute Gasteiger partial charge is 0.493 e. The summed E-state index contributed by atoms with van der Waals surface area (Å²) in [5, 5.41) is 7.32. The molecule has 0 aromatic heterocycles. The number of nitrogens with two attached hydrogens (primary N) is 1. The summed E-state index contributed by atoms with van der Waals surface area (Å²) in [7, 11) is 0. The molecular formula is C14H20BrN3O. The average molecular weight is 326 g/mol. The molecule has 1 heterocycles. The van der Waals surface area contributed by atoms with Gasteiger partial charge in [0.25, 0.3) is 0 Å². The molecule has 0 aliphatic carbocycles. The second kappa shape index (κ2) is 6.39. The van der Waals surface area contributed by atoms with Crippen LogP contribution in [0.4, 0.5) is 0 Å². The van der Waals surface area contributed by atoms with E-state index in [1.807, 2.05) is 0 Å². The van der Waals surface area contributed by atoms with E-state index in [2.05, 4.69) is 39.9 Å². The molecule has 0 saturated carbocycles. The van der Waals surface area contributed by atoms with Crippen molar-refractivity contribution in [2.45, 2.75) is 26.3 Å². The SMILES string of the molecule is CCN(CCC(=N)N)Cc1cc(Br)cc2c1OCC2. The maximum absolute atomic E-state index is 7.32. The van der Waals surface area contributed by atoms with Crippen LogP contribution < -0.4 is 10.5 Å². The molecule has 1 aromatic rings. The molecule has 0 spiro atoms. The van der Waals surface area contributed by atoms with E-state index in [0.717, 1.165) is 42.9 Å². The van der Waals surface area contributed by atoms with Crippen molar-refractivity contribution in [1.82, 2.24) is 4.90 Å². The first-order chi connectivity index (χ1) is 9.10. The van der Waals surface area contributed by atoms with Crippen LogP contribution in [0.25, 0.3) is 0 Å². The Balaban J connectivity index is 2.11. The molecule has 1 aliphatic rings. The molecule has 0 amide bonds. The van der Waals surface area contributed by atoms with Crippen LogP contribution in [-0.2, 0) is 13.0 Å². The van der Waals surface area contributed by atoms with Crippen LogP contribution in [0.5, 0.6) is 5.75 Å². The normalized spacial score (nSPS) is 13.4. The van der Waals surface area contributed by atoms with Gasteiger partial charge in [-0.2, -0.15) is 0 Å². The molecule has 5 heteroatoms. The fourth-order valence-electron chi connectivity index (χ4n) is 2.33. The van der Waals surface area contributed by atoms with Crippen molar-refractivity contribution in [2.24, 2.45) is 5.73 Å². The smallest absolute Gasteiger partial charge is 0.127 e. The second-order valence-corrected chi connectivity index (χ2v) is 5.71. The highest BCUT2D eigenvalue weighted by Gasteiger charge is 2.18. The Labute approximate surface area is 122 Å². The topological polar surface area (TPSA) is 62.3 Å². The molecule has 1 aromatic carbocycles. The van der Waals surface area contributed by atoms with Gasteiger partial charge in [-0.3, -0.25) is 10.3 Å². The van der Waals surface area contributed by atoms with Crippen molar-refractivity contribution in [2.75, 3.05) is 19.7 Å². The van der Waals surface area contributed by atoms with E-state index in [1.54, 1.807) is 0 Å². The number of fused-ring (bicyclic) bond motifs is 1. The number of nitrogens with one attached hydrogen (secondary N) is 1. The minimum absolute atomic E-state index is 0.245. The number of rotatable bonds is 6. The average Bonchev–Trinajstić information content (AvgIpc) is 2.81. The standard InChI is InChI=1S/C14H20BrN3O/c1-2-18(5-3-13(16)17)9-11-8-12(15)7-10-4-6-19-14(10)11/h7-8H,2-6,9H2,1H3,(H3,16,17). The molecule has 0 unspecified atom stereocenters. The van der Waals surface area contributed by atoms with Gasteiger partial charge >= 0.3 is 0 Å². The Morgan fingerprint density at radius 2 is 2.32 bits per heavy atom. The molecule has 0 bridgehead atoms.